The number of halogens is 1. The molecule has 0 amide bonds. The second-order valence-electron chi connectivity index (χ2n) is 3.39. The number of hydrogen-bond acceptors (Lipinski definition) is 4. The Morgan fingerprint density at radius 1 is 1.18 bits per heavy atom. The van der Waals surface area contributed by atoms with E-state index >= 15 is 0 Å². The molecule has 1 aromatic carbocycles. The molecule has 0 unspecified atom stereocenters. The number of ether oxygens (including phenoxy) is 3. The minimum Gasteiger partial charge on any atom is -0.488 e. The second-order valence-corrected chi connectivity index (χ2v) is 3.39. The topological polar surface area (TPSA) is 53.7 Å². The second kappa shape index (κ2) is 8.00. The summed E-state index contributed by atoms with van der Waals surface area (Å²) in [4.78, 5) is 0. The van der Waals surface area contributed by atoms with Crippen molar-refractivity contribution in [2.75, 3.05) is 33.5 Å². The molecule has 17 heavy (non-hydrogen) atoms. The molecule has 1 rings (SSSR count). The number of benzene rings is 1. The lowest BCUT2D eigenvalue weighted by atomic mass is 10.2. The summed E-state index contributed by atoms with van der Waals surface area (Å²) in [7, 11) is 1.60. The third kappa shape index (κ3) is 4.68. The number of rotatable bonds is 8. The van der Waals surface area contributed by atoms with Gasteiger partial charge in [-0.2, -0.15) is 0 Å². The van der Waals surface area contributed by atoms with Crippen molar-refractivity contribution in [3.05, 3.63) is 29.6 Å². The van der Waals surface area contributed by atoms with E-state index in [1.807, 2.05) is 0 Å². The largest absolute Gasteiger partial charge is 0.488 e. The van der Waals surface area contributed by atoms with Crippen molar-refractivity contribution in [2.24, 2.45) is 5.73 Å². The van der Waals surface area contributed by atoms with Gasteiger partial charge in [-0.05, 0) is 6.07 Å². The number of methoxy groups -OCH3 is 1. The van der Waals surface area contributed by atoms with E-state index in [0.29, 0.717) is 25.4 Å². The summed E-state index contributed by atoms with van der Waals surface area (Å²) < 4.78 is 28.8. The predicted molar refractivity (Wildman–Crippen MR) is 62.5 cm³/mol. The molecule has 1 aromatic rings. The zero-order valence-corrected chi connectivity index (χ0v) is 9.95. The highest BCUT2D eigenvalue weighted by molar-refractivity contribution is 5.34. The minimum absolute atomic E-state index is 0.213. The monoisotopic (exact) mass is 243 g/mol. The van der Waals surface area contributed by atoms with Crippen LogP contribution in [0.2, 0.25) is 0 Å². The van der Waals surface area contributed by atoms with Crippen molar-refractivity contribution in [3.8, 4) is 5.75 Å². The van der Waals surface area contributed by atoms with E-state index in [1.54, 1.807) is 19.2 Å². The standard InChI is InChI=1S/C12H18FNO3/c1-15-5-6-16-7-8-17-12-10(9-14)3-2-4-11(12)13/h2-4H,5-9,14H2,1H3. The molecule has 0 aliphatic rings. The van der Waals surface area contributed by atoms with Crippen LogP contribution in [0.5, 0.6) is 5.75 Å². The van der Waals surface area contributed by atoms with Crippen molar-refractivity contribution in [3.63, 3.8) is 0 Å². The first-order valence-corrected chi connectivity index (χ1v) is 5.46. The first-order valence-electron chi connectivity index (χ1n) is 5.46. The SMILES string of the molecule is COCCOCCOc1c(F)cccc1CN. The van der Waals surface area contributed by atoms with Crippen molar-refractivity contribution in [2.45, 2.75) is 6.54 Å². The highest BCUT2D eigenvalue weighted by atomic mass is 19.1. The molecule has 0 heterocycles. The Balaban J connectivity index is 2.35. The van der Waals surface area contributed by atoms with Crippen LogP contribution in [-0.2, 0) is 16.0 Å². The van der Waals surface area contributed by atoms with Gasteiger partial charge in [0.05, 0.1) is 19.8 Å². The lowest BCUT2D eigenvalue weighted by molar-refractivity contribution is 0.0536. The Morgan fingerprint density at radius 2 is 1.94 bits per heavy atom. The Bertz CT molecular complexity index is 334. The van der Waals surface area contributed by atoms with Gasteiger partial charge in [0.25, 0.3) is 0 Å². The molecule has 0 saturated carbocycles. The van der Waals surface area contributed by atoms with Gasteiger partial charge in [-0.1, -0.05) is 12.1 Å². The van der Waals surface area contributed by atoms with Crippen LogP contribution in [0.15, 0.2) is 18.2 Å². The average molecular weight is 243 g/mol. The fourth-order valence-electron chi connectivity index (χ4n) is 1.32. The maximum Gasteiger partial charge on any atom is 0.165 e. The van der Waals surface area contributed by atoms with Crippen molar-refractivity contribution in [1.29, 1.82) is 0 Å². The van der Waals surface area contributed by atoms with E-state index in [4.69, 9.17) is 19.9 Å². The lowest BCUT2D eigenvalue weighted by Crippen LogP contribution is -2.12. The molecule has 5 heteroatoms. The van der Waals surface area contributed by atoms with Gasteiger partial charge in [0.2, 0.25) is 0 Å². The van der Waals surface area contributed by atoms with Gasteiger partial charge in [-0.25, -0.2) is 4.39 Å². The van der Waals surface area contributed by atoms with Gasteiger partial charge in [0, 0.05) is 19.2 Å². The average Bonchev–Trinajstić information content (AvgIpc) is 2.35. The van der Waals surface area contributed by atoms with Crippen LogP contribution in [0.25, 0.3) is 0 Å². The van der Waals surface area contributed by atoms with Gasteiger partial charge in [-0.15, -0.1) is 0 Å². The molecule has 0 radical (unpaired) electrons. The Labute approximate surface area is 100 Å². The quantitative estimate of drug-likeness (QED) is 0.700. The summed E-state index contributed by atoms with van der Waals surface area (Å²) in [5.41, 5.74) is 6.15. The maximum absolute atomic E-state index is 13.4. The molecule has 2 N–H and O–H groups in total. The van der Waals surface area contributed by atoms with E-state index in [0.717, 1.165) is 0 Å². The molecule has 0 atom stereocenters. The normalized spacial score (nSPS) is 10.5. The summed E-state index contributed by atoms with van der Waals surface area (Å²) >= 11 is 0. The zero-order valence-electron chi connectivity index (χ0n) is 9.95. The summed E-state index contributed by atoms with van der Waals surface area (Å²) in [6.45, 7) is 1.96. The van der Waals surface area contributed by atoms with Gasteiger partial charge in [0.1, 0.15) is 6.61 Å². The van der Waals surface area contributed by atoms with Gasteiger partial charge in [-0.3, -0.25) is 0 Å². The molecular weight excluding hydrogens is 225 g/mol. The van der Waals surface area contributed by atoms with Crippen molar-refractivity contribution in [1.82, 2.24) is 0 Å². The first-order chi connectivity index (χ1) is 8.29. The summed E-state index contributed by atoms with van der Waals surface area (Å²) in [6.07, 6.45) is 0. The maximum atomic E-state index is 13.4. The molecule has 0 aliphatic heterocycles. The van der Waals surface area contributed by atoms with Gasteiger partial charge >= 0.3 is 0 Å². The molecule has 0 aliphatic carbocycles. The smallest absolute Gasteiger partial charge is 0.165 e. The van der Waals surface area contributed by atoms with Gasteiger partial charge < -0.3 is 19.9 Å². The van der Waals surface area contributed by atoms with Crippen molar-refractivity contribution >= 4 is 0 Å². The fraction of sp³-hybridized carbons (Fsp3) is 0.500. The third-order valence-electron chi connectivity index (χ3n) is 2.17. The molecule has 0 saturated heterocycles. The third-order valence-corrected chi connectivity index (χ3v) is 2.17. The van der Waals surface area contributed by atoms with Crippen molar-refractivity contribution < 1.29 is 18.6 Å². The first kappa shape index (κ1) is 13.9. The minimum atomic E-state index is -0.398. The van der Waals surface area contributed by atoms with Crippen LogP contribution in [0.3, 0.4) is 0 Å². The fourth-order valence-corrected chi connectivity index (χ4v) is 1.32. The Hall–Kier alpha value is -1.17. The summed E-state index contributed by atoms with van der Waals surface area (Å²) in [6, 6.07) is 4.70. The lowest BCUT2D eigenvalue weighted by Gasteiger charge is -2.11. The molecular formula is C12H18FNO3. The molecule has 96 valence electrons. The predicted octanol–water partition coefficient (Wildman–Crippen LogP) is 1.33. The van der Waals surface area contributed by atoms with Crippen LogP contribution in [0.1, 0.15) is 5.56 Å². The van der Waals surface area contributed by atoms with Crippen LogP contribution in [-0.4, -0.2) is 33.5 Å². The van der Waals surface area contributed by atoms with Crippen LogP contribution >= 0.6 is 0 Å². The van der Waals surface area contributed by atoms with E-state index in [9.17, 15) is 4.39 Å². The molecule has 0 fully saturated rings. The highest BCUT2D eigenvalue weighted by Crippen LogP contribution is 2.21. The molecule has 0 bridgehead atoms. The number of nitrogens with two attached hydrogens (primary N) is 1. The van der Waals surface area contributed by atoms with E-state index in [1.165, 1.54) is 6.07 Å². The zero-order chi connectivity index (χ0) is 12.5. The van der Waals surface area contributed by atoms with Crippen LogP contribution in [0, 0.1) is 5.82 Å². The van der Waals surface area contributed by atoms with Gasteiger partial charge in [0.15, 0.2) is 11.6 Å². The van der Waals surface area contributed by atoms with Crippen LogP contribution < -0.4 is 10.5 Å². The summed E-state index contributed by atoms with van der Waals surface area (Å²) in [5.74, 6) is -0.185. The summed E-state index contributed by atoms with van der Waals surface area (Å²) in [5, 5.41) is 0. The van der Waals surface area contributed by atoms with E-state index in [-0.39, 0.29) is 18.9 Å². The van der Waals surface area contributed by atoms with Crippen LogP contribution in [0.4, 0.5) is 4.39 Å². The molecule has 0 aromatic heterocycles. The van der Waals surface area contributed by atoms with E-state index < -0.39 is 5.82 Å². The molecule has 4 nitrogen and oxygen atoms in total. The Kier molecular flexibility index (Phi) is 6.54. The highest BCUT2D eigenvalue weighted by Gasteiger charge is 2.07. The number of hydrogen-bond donors (Lipinski definition) is 1. The van der Waals surface area contributed by atoms with E-state index in [2.05, 4.69) is 0 Å². The number of para-hydroxylation sites is 1. The Morgan fingerprint density at radius 3 is 2.65 bits per heavy atom. The molecule has 0 spiro atoms.